The van der Waals surface area contributed by atoms with Gasteiger partial charge in [0.25, 0.3) is 5.56 Å². The summed E-state index contributed by atoms with van der Waals surface area (Å²) in [6.45, 7) is 7.00. The van der Waals surface area contributed by atoms with Crippen LogP contribution in [0.1, 0.15) is 69.2 Å². The molecule has 8 nitrogen and oxygen atoms in total. The number of hydrogen-bond acceptors (Lipinski definition) is 6. The average molecular weight is 587 g/mol. The molecule has 1 aliphatic rings. The van der Waals surface area contributed by atoms with Crippen LogP contribution in [0.15, 0.2) is 80.8 Å². The predicted molar refractivity (Wildman–Crippen MR) is 164 cm³/mol. The molecule has 3 aromatic carbocycles. The number of nitrogens with one attached hydrogen (secondary N) is 1. The first-order chi connectivity index (χ1) is 20.4. The summed E-state index contributed by atoms with van der Waals surface area (Å²) in [6.07, 6.45) is 4.08. The first-order valence-electron chi connectivity index (χ1n) is 14.6. The summed E-state index contributed by atoms with van der Waals surface area (Å²) in [5.74, 6) is 1.55. The van der Waals surface area contributed by atoms with Crippen molar-refractivity contribution in [1.82, 2.24) is 19.7 Å². The van der Waals surface area contributed by atoms with Gasteiger partial charge < -0.3 is 6.16 Å². The van der Waals surface area contributed by atoms with Crippen molar-refractivity contribution < 1.29 is 40.2 Å². The standard InChI is InChI=1S/C34H34N4O4.Na.H/c1-4-5-10-29-28(33(39)38(32(35-29)21(2)3)25-15-16-30-24(20-25)17-18-41-30)19-22-11-13-23(14-12-22)26-8-6-7-9-27(26)31-36-34(40)42-37-31;;/h6-9,11-16,20-21H,4-5,10,17-19H2,1-3H3,(H,36,37,40);;/q;+1;-1. The Kier molecular flexibility index (Phi) is 9.49. The maximum atomic E-state index is 14.3. The number of hydrogen-bond donors (Lipinski definition) is 1. The van der Waals surface area contributed by atoms with E-state index in [1.54, 1.807) is 4.57 Å². The number of aromatic nitrogens is 4. The van der Waals surface area contributed by atoms with Crippen molar-refractivity contribution in [2.75, 3.05) is 6.61 Å². The molecule has 0 saturated carbocycles. The molecule has 1 aliphatic heterocycles. The van der Waals surface area contributed by atoms with Crippen LogP contribution in [-0.2, 0) is 19.3 Å². The number of fused-ring (bicyclic) bond motifs is 1. The van der Waals surface area contributed by atoms with Gasteiger partial charge in [0, 0.05) is 29.9 Å². The second kappa shape index (κ2) is 13.3. The average Bonchev–Trinajstić information content (AvgIpc) is 3.66. The zero-order valence-electron chi connectivity index (χ0n) is 26.1. The second-order valence-corrected chi connectivity index (χ2v) is 11.0. The summed E-state index contributed by atoms with van der Waals surface area (Å²) >= 11 is 0. The first kappa shape index (κ1) is 30.7. The SMILES string of the molecule is CCCCc1nc(C(C)C)n(-c2ccc3c(c2)CCO3)c(=O)c1Cc1ccc(-c2ccccc2-c2noc(=O)[nH]2)cc1.[H-].[Na+]. The third kappa shape index (κ3) is 6.32. The summed E-state index contributed by atoms with van der Waals surface area (Å²) in [7, 11) is 0. The van der Waals surface area contributed by atoms with E-state index in [0.29, 0.717) is 18.9 Å². The minimum atomic E-state index is -0.593. The first-order valence-corrected chi connectivity index (χ1v) is 14.6. The Balaban J connectivity index is 0.00000221. The van der Waals surface area contributed by atoms with Crippen molar-refractivity contribution in [3.05, 3.63) is 116 Å². The Morgan fingerprint density at radius 1 is 1.02 bits per heavy atom. The molecule has 0 aliphatic carbocycles. The number of H-pyrrole nitrogens is 1. The van der Waals surface area contributed by atoms with Crippen LogP contribution in [0.3, 0.4) is 0 Å². The predicted octanol–water partition coefficient (Wildman–Crippen LogP) is 3.35. The summed E-state index contributed by atoms with van der Waals surface area (Å²) in [5.41, 5.74) is 7.25. The van der Waals surface area contributed by atoms with Crippen LogP contribution in [0, 0.1) is 0 Å². The molecule has 1 N–H and O–H groups in total. The third-order valence-electron chi connectivity index (χ3n) is 7.77. The Bertz CT molecular complexity index is 1860. The fourth-order valence-electron chi connectivity index (χ4n) is 5.59. The van der Waals surface area contributed by atoms with Crippen molar-refractivity contribution in [2.24, 2.45) is 0 Å². The topological polar surface area (TPSA) is 103 Å². The van der Waals surface area contributed by atoms with E-state index in [-0.39, 0.29) is 42.5 Å². The van der Waals surface area contributed by atoms with Crippen LogP contribution in [-0.4, -0.2) is 26.3 Å². The number of nitrogens with zero attached hydrogens (tertiary/aromatic N) is 3. The van der Waals surface area contributed by atoms with E-state index in [1.165, 1.54) is 0 Å². The molecular weight excluding hydrogens is 551 g/mol. The van der Waals surface area contributed by atoms with Crippen LogP contribution in [0.5, 0.6) is 5.75 Å². The number of aromatic amines is 1. The molecule has 9 heteroatoms. The molecule has 0 fully saturated rings. The fourth-order valence-corrected chi connectivity index (χ4v) is 5.59. The van der Waals surface area contributed by atoms with Gasteiger partial charge in [-0.3, -0.25) is 18.9 Å². The number of aryl methyl sites for hydroxylation is 1. The molecule has 0 radical (unpaired) electrons. The maximum Gasteiger partial charge on any atom is 1.00 e. The van der Waals surface area contributed by atoms with E-state index < -0.39 is 5.76 Å². The van der Waals surface area contributed by atoms with Crippen molar-refractivity contribution in [1.29, 1.82) is 0 Å². The van der Waals surface area contributed by atoms with Gasteiger partial charge in [0.2, 0.25) is 0 Å². The number of benzene rings is 3. The van der Waals surface area contributed by atoms with Gasteiger partial charge in [-0.2, -0.15) is 0 Å². The van der Waals surface area contributed by atoms with Crippen LogP contribution < -0.4 is 45.6 Å². The maximum absolute atomic E-state index is 14.3. The van der Waals surface area contributed by atoms with Crippen molar-refractivity contribution in [3.63, 3.8) is 0 Å². The van der Waals surface area contributed by atoms with Gasteiger partial charge in [-0.15, -0.1) is 0 Å². The minimum absolute atomic E-state index is 0. The molecule has 0 bridgehead atoms. The number of rotatable bonds is 9. The molecule has 0 amide bonds. The molecular formula is C34H35N4NaO4. The molecule has 0 unspecified atom stereocenters. The van der Waals surface area contributed by atoms with E-state index in [2.05, 4.69) is 37.0 Å². The number of ether oxygens (including phenoxy) is 1. The Morgan fingerprint density at radius 2 is 1.79 bits per heavy atom. The normalized spacial score (nSPS) is 12.2. The molecule has 5 aromatic rings. The van der Waals surface area contributed by atoms with Gasteiger partial charge in [0.15, 0.2) is 5.82 Å². The summed E-state index contributed by atoms with van der Waals surface area (Å²) in [5, 5.41) is 3.87. The Morgan fingerprint density at radius 3 is 2.49 bits per heavy atom. The van der Waals surface area contributed by atoms with E-state index in [4.69, 9.17) is 14.2 Å². The quantitative estimate of drug-likeness (QED) is 0.266. The molecule has 0 spiro atoms. The van der Waals surface area contributed by atoms with Gasteiger partial charge in [0.1, 0.15) is 11.6 Å². The van der Waals surface area contributed by atoms with Gasteiger partial charge in [0.05, 0.1) is 18.0 Å². The Hall–Kier alpha value is -3.72. The van der Waals surface area contributed by atoms with Gasteiger partial charge >= 0.3 is 35.3 Å². The van der Waals surface area contributed by atoms with Crippen LogP contribution in [0.2, 0.25) is 0 Å². The van der Waals surface area contributed by atoms with Gasteiger partial charge in [-0.05, 0) is 53.3 Å². The van der Waals surface area contributed by atoms with Crippen LogP contribution in [0.4, 0.5) is 0 Å². The van der Waals surface area contributed by atoms with E-state index in [1.807, 2.05) is 60.7 Å². The summed E-state index contributed by atoms with van der Waals surface area (Å²) in [6, 6.07) is 21.9. The van der Waals surface area contributed by atoms with Gasteiger partial charge in [-0.25, -0.2) is 9.78 Å². The summed E-state index contributed by atoms with van der Waals surface area (Å²) < 4.78 is 12.2. The van der Waals surface area contributed by atoms with E-state index in [9.17, 15) is 9.59 Å². The zero-order chi connectivity index (χ0) is 29.2. The molecule has 0 atom stereocenters. The van der Waals surface area contributed by atoms with Crippen molar-refractivity contribution in [3.8, 4) is 34.0 Å². The smallest absolute Gasteiger partial charge is 1.00 e. The number of unbranched alkanes of at least 4 members (excludes halogenated alkanes) is 1. The molecule has 3 heterocycles. The fraction of sp³-hybridized carbons (Fsp3) is 0.294. The zero-order valence-corrected chi connectivity index (χ0v) is 27.1. The third-order valence-corrected chi connectivity index (χ3v) is 7.77. The molecule has 0 saturated heterocycles. The molecule has 2 aromatic heterocycles. The molecule has 216 valence electrons. The molecule has 6 rings (SSSR count). The van der Waals surface area contributed by atoms with Crippen molar-refractivity contribution >= 4 is 0 Å². The van der Waals surface area contributed by atoms with Crippen molar-refractivity contribution in [2.45, 2.75) is 58.8 Å². The minimum Gasteiger partial charge on any atom is -1.00 e. The van der Waals surface area contributed by atoms with Crippen LogP contribution >= 0.6 is 0 Å². The van der Waals surface area contributed by atoms with E-state index in [0.717, 1.165) is 82.0 Å². The Labute approximate surface area is 273 Å². The second-order valence-electron chi connectivity index (χ2n) is 11.0. The van der Waals surface area contributed by atoms with Crippen LogP contribution in [0.25, 0.3) is 28.2 Å². The monoisotopic (exact) mass is 586 g/mol. The summed E-state index contributed by atoms with van der Waals surface area (Å²) in [4.78, 5) is 33.6. The van der Waals surface area contributed by atoms with Gasteiger partial charge in [-0.1, -0.05) is 80.9 Å². The molecule has 43 heavy (non-hydrogen) atoms. The van der Waals surface area contributed by atoms with E-state index >= 15 is 0 Å². The largest absolute Gasteiger partial charge is 1.00 e.